The van der Waals surface area contributed by atoms with Gasteiger partial charge in [-0.05, 0) is 30.3 Å². The fraction of sp³-hybridized carbons (Fsp3) is 0.0870. The van der Waals surface area contributed by atoms with Gasteiger partial charge >= 0.3 is 0 Å². The summed E-state index contributed by atoms with van der Waals surface area (Å²) in [4.78, 5) is 26.8. The Morgan fingerprint density at radius 1 is 1.18 bits per heavy atom. The normalized spacial score (nSPS) is 10.9. The number of hydrogen-bond acceptors (Lipinski definition) is 8. The Morgan fingerprint density at radius 3 is 2.85 bits per heavy atom. The van der Waals surface area contributed by atoms with Gasteiger partial charge in [-0.2, -0.15) is 5.10 Å². The van der Waals surface area contributed by atoms with E-state index in [4.69, 9.17) is 13.9 Å². The van der Waals surface area contributed by atoms with E-state index in [1.807, 2.05) is 24.3 Å². The Labute approximate surface area is 187 Å². The molecule has 0 fully saturated rings. The van der Waals surface area contributed by atoms with Crippen LogP contribution in [0, 0.1) is 10.1 Å². The van der Waals surface area contributed by atoms with Crippen LogP contribution in [0.1, 0.15) is 5.76 Å². The van der Waals surface area contributed by atoms with Crippen LogP contribution in [-0.2, 0) is 4.79 Å². The molecule has 2 heterocycles. The number of hydrogen-bond donors (Lipinski definition) is 1. The van der Waals surface area contributed by atoms with Crippen LogP contribution in [-0.4, -0.2) is 35.7 Å². The number of nitrogens with zero attached hydrogens (tertiary/aromatic N) is 3. The molecule has 10 heteroatoms. The number of pyridine rings is 1. The van der Waals surface area contributed by atoms with Crippen LogP contribution in [0.5, 0.6) is 11.5 Å². The van der Waals surface area contributed by atoms with Crippen LogP contribution in [0.15, 0.2) is 76.4 Å². The quantitative estimate of drug-likeness (QED) is 0.246. The minimum Gasteiger partial charge on any atom is -0.496 e. The zero-order chi connectivity index (χ0) is 23.2. The van der Waals surface area contributed by atoms with Crippen molar-refractivity contribution in [2.45, 2.75) is 0 Å². The van der Waals surface area contributed by atoms with E-state index in [2.05, 4.69) is 15.5 Å². The second-order valence-electron chi connectivity index (χ2n) is 6.76. The Bertz CT molecular complexity index is 1340. The number of ether oxygens (including phenoxy) is 2. The molecule has 166 valence electrons. The van der Waals surface area contributed by atoms with Crippen LogP contribution in [0.2, 0.25) is 0 Å². The van der Waals surface area contributed by atoms with Gasteiger partial charge in [0.05, 0.1) is 29.9 Å². The fourth-order valence-electron chi connectivity index (χ4n) is 3.10. The van der Waals surface area contributed by atoms with Crippen LogP contribution in [0.4, 0.5) is 5.69 Å². The molecule has 2 aromatic carbocycles. The van der Waals surface area contributed by atoms with Crippen LogP contribution >= 0.6 is 0 Å². The molecule has 0 bridgehead atoms. The minimum atomic E-state index is -0.504. The Balaban J connectivity index is 1.37. The highest BCUT2D eigenvalue weighted by Gasteiger charge is 2.15. The van der Waals surface area contributed by atoms with E-state index in [0.717, 1.165) is 5.39 Å². The van der Waals surface area contributed by atoms with Crippen molar-refractivity contribution in [3.63, 3.8) is 0 Å². The van der Waals surface area contributed by atoms with E-state index < -0.39 is 10.8 Å². The highest BCUT2D eigenvalue weighted by Crippen LogP contribution is 2.34. The van der Waals surface area contributed by atoms with Crippen molar-refractivity contribution in [2.24, 2.45) is 5.10 Å². The largest absolute Gasteiger partial charge is 0.496 e. The summed E-state index contributed by atoms with van der Waals surface area (Å²) in [5.74, 6) is 1.14. The third kappa shape index (κ3) is 4.96. The van der Waals surface area contributed by atoms with Crippen LogP contribution in [0.25, 0.3) is 22.2 Å². The maximum atomic E-state index is 12.1. The van der Waals surface area contributed by atoms with Gasteiger partial charge in [0.2, 0.25) is 0 Å². The number of furan rings is 1. The lowest BCUT2D eigenvalue weighted by molar-refractivity contribution is -0.384. The minimum absolute atomic E-state index is 0.0897. The number of aromatic nitrogens is 1. The van der Waals surface area contributed by atoms with Crippen molar-refractivity contribution in [1.82, 2.24) is 10.4 Å². The molecule has 0 atom stereocenters. The molecule has 33 heavy (non-hydrogen) atoms. The SMILES string of the molecule is COc1cc([N+](=O)[O-])ccc1-c1ccc(/C=N/NC(=O)COc2cccc3cccnc23)o1. The summed E-state index contributed by atoms with van der Waals surface area (Å²) >= 11 is 0. The van der Waals surface area contributed by atoms with E-state index in [0.29, 0.717) is 34.1 Å². The molecule has 0 aliphatic carbocycles. The molecule has 0 aliphatic rings. The average Bonchev–Trinajstić information content (AvgIpc) is 3.31. The lowest BCUT2D eigenvalue weighted by atomic mass is 10.1. The van der Waals surface area contributed by atoms with Gasteiger partial charge in [-0.1, -0.05) is 18.2 Å². The van der Waals surface area contributed by atoms with Gasteiger partial charge in [0.1, 0.15) is 28.5 Å². The summed E-state index contributed by atoms with van der Waals surface area (Å²) in [5, 5.41) is 15.7. The molecule has 1 N–H and O–H groups in total. The molecule has 0 unspecified atom stereocenters. The Kier molecular flexibility index (Phi) is 6.26. The van der Waals surface area contributed by atoms with E-state index in [9.17, 15) is 14.9 Å². The standard InChI is InChI=1S/C23H18N4O6/c1-31-21-12-16(27(29)30)7-9-18(21)19-10-8-17(33-19)13-25-26-22(28)14-32-20-6-2-4-15-5-3-11-24-23(15)20/h2-13H,14H2,1H3,(H,26,28)/b25-13+. The summed E-state index contributed by atoms with van der Waals surface area (Å²) in [6.07, 6.45) is 2.99. The van der Waals surface area contributed by atoms with Crippen LogP contribution in [0.3, 0.4) is 0 Å². The zero-order valence-corrected chi connectivity index (χ0v) is 17.4. The number of nitrogens with one attached hydrogen (secondary N) is 1. The number of nitro groups is 1. The van der Waals surface area contributed by atoms with Gasteiger partial charge in [0.25, 0.3) is 11.6 Å². The molecule has 4 rings (SSSR count). The highest BCUT2D eigenvalue weighted by molar-refractivity contribution is 5.85. The van der Waals surface area contributed by atoms with E-state index in [1.54, 1.807) is 24.4 Å². The van der Waals surface area contributed by atoms with Crippen molar-refractivity contribution < 1.29 is 23.6 Å². The molecular formula is C23H18N4O6. The molecule has 0 saturated carbocycles. The zero-order valence-electron chi connectivity index (χ0n) is 17.4. The first kappa shape index (κ1) is 21.5. The molecule has 2 aromatic heterocycles. The smallest absolute Gasteiger partial charge is 0.277 e. The number of para-hydroxylation sites is 1. The summed E-state index contributed by atoms with van der Waals surface area (Å²) in [6.45, 7) is -0.240. The first-order valence-electron chi connectivity index (χ1n) is 9.76. The summed E-state index contributed by atoms with van der Waals surface area (Å²) < 4.78 is 16.5. The molecule has 0 aliphatic heterocycles. The highest BCUT2D eigenvalue weighted by atomic mass is 16.6. The number of hydrazone groups is 1. The third-order valence-electron chi connectivity index (χ3n) is 4.62. The number of non-ortho nitro benzene ring substituents is 1. The van der Waals surface area contributed by atoms with E-state index in [1.165, 1.54) is 31.5 Å². The number of carbonyl (C=O) groups is 1. The number of amides is 1. The predicted molar refractivity (Wildman–Crippen MR) is 120 cm³/mol. The topological polar surface area (TPSA) is 129 Å². The van der Waals surface area contributed by atoms with Crippen molar-refractivity contribution in [2.75, 3.05) is 13.7 Å². The number of benzene rings is 2. The lowest BCUT2D eigenvalue weighted by Crippen LogP contribution is -2.24. The Morgan fingerprint density at radius 2 is 2.03 bits per heavy atom. The van der Waals surface area contributed by atoms with Gasteiger partial charge in [0, 0.05) is 17.6 Å². The summed E-state index contributed by atoms with van der Waals surface area (Å²) in [7, 11) is 1.42. The van der Waals surface area contributed by atoms with E-state index in [-0.39, 0.29) is 12.3 Å². The van der Waals surface area contributed by atoms with Crippen molar-refractivity contribution in [3.05, 3.63) is 82.7 Å². The third-order valence-corrected chi connectivity index (χ3v) is 4.62. The number of rotatable bonds is 8. The number of nitro benzene ring substituents is 1. The molecule has 4 aromatic rings. The fourth-order valence-corrected chi connectivity index (χ4v) is 3.10. The van der Waals surface area contributed by atoms with Gasteiger partial charge in [-0.15, -0.1) is 0 Å². The molecule has 0 saturated heterocycles. The number of fused-ring (bicyclic) bond motifs is 1. The van der Waals surface area contributed by atoms with Gasteiger partial charge in [-0.25, -0.2) is 5.43 Å². The summed E-state index contributed by atoms with van der Waals surface area (Å²) in [5.41, 5.74) is 3.49. The van der Waals surface area contributed by atoms with Gasteiger partial charge in [0.15, 0.2) is 6.61 Å². The molecule has 0 radical (unpaired) electrons. The first-order chi connectivity index (χ1) is 16.0. The summed E-state index contributed by atoms with van der Waals surface area (Å²) in [6, 6.07) is 16.7. The molecule has 1 amide bonds. The van der Waals surface area contributed by atoms with Gasteiger partial charge < -0.3 is 13.9 Å². The molecular weight excluding hydrogens is 428 g/mol. The Hall–Kier alpha value is -4.73. The van der Waals surface area contributed by atoms with Crippen molar-refractivity contribution in [3.8, 4) is 22.8 Å². The second-order valence-corrected chi connectivity index (χ2v) is 6.76. The second kappa shape index (κ2) is 9.60. The monoisotopic (exact) mass is 446 g/mol. The maximum Gasteiger partial charge on any atom is 0.277 e. The van der Waals surface area contributed by atoms with Crippen molar-refractivity contribution in [1.29, 1.82) is 0 Å². The van der Waals surface area contributed by atoms with Gasteiger partial charge in [-0.3, -0.25) is 19.9 Å². The molecule has 0 spiro atoms. The average molecular weight is 446 g/mol. The van der Waals surface area contributed by atoms with E-state index >= 15 is 0 Å². The first-order valence-corrected chi connectivity index (χ1v) is 9.76. The maximum absolute atomic E-state index is 12.1. The lowest BCUT2D eigenvalue weighted by Gasteiger charge is -2.07. The van der Waals surface area contributed by atoms with Crippen LogP contribution < -0.4 is 14.9 Å². The predicted octanol–water partition coefficient (Wildman–Crippen LogP) is 3.94. The number of methoxy groups -OCH3 is 1. The van der Waals surface area contributed by atoms with Crippen molar-refractivity contribution >= 4 is 28.7 Å². The number of carbonyl (C=O) groups excluding carboxylic acids is 1. The molecule has 10 nitrogen and oxygen atoms in total.